The lowest BCUT2D eigenvalue weighted by Crippen LogP contribution is -2.21. The maximum Gasteiger partial charge on any atom is -0.0149 e. The monoisotopic (exact) mass is 501 g/mol. The first-order chi connectivity index (χ1) is 17.3. The molecule has 0 aromatic carbocycles. The van der Waals surface area contributed by atoms with Gasteiger partial charge >= 0.3 is 0 Å². The summed E-state index contributed by atoms with van der Waals surface area (Å²) in [7, 11) is 0. The van der Waals surface area contributed by atoms with Crippen molar-refractivity contribution in [3.8, 4) is 0 Å². The molecule has 212 valence electrons. The zero-order chi connectivity index (χ0) is 27.8. The summed E-state index contributed by atoms with van der Waals surface area (Å²) in [6.45, 7) is 26.7. The van der Waals surface area contributed by atoms with Crippen molar-refractivity contribution >= 4 is 0 Å². The van der Waals surface area contributed by atoms with Crippen molar-refractivity contribution < 1.29 is 0 Å². The van der Waals surface area contributed by atoms with Crippen molar-refractivity contribution in [3.63, 3.8) is 0 Å². The van der Waals surface area contributed by atoms with E-state index in [1.54, 1.807) is 11.6 Å². The van der Waals surface area contributed by atoms with E-state index in [0.717, 1.165) is 17.8 Å². The quantitative estimate of drug-likeness (QED) is 0.218. The number of hydrogen-bond acceptors (Lipinski definition) is 0. The summed E-state index contributed by atoms with van der Waals surface area (Å²) in [4.78, 5) is 0. The Labute approximate surface area is 230 Å². The second kappa shape index (κ2) is 24.3. The van der Waals surface area contributed by atoms with E-state index in [0.29, 0.717) is 5.41 Å². The van der Waals surface area contributed by atoms with Crippen LogP contribution in [-0.4, -0.2) is 0 Å². The van der Waals surface area contributed by atoms with Gasteiger partial charge in [-0.25, -0.2) is 0 Å². The molecule has 0 spiro atoms. The molecule has 3 rings (SSSR count). The van der Waals surface area contributed by atoms with E-state index in [-0.39, 0.29) is 0 Å². The molecule has 0 saturated heterocycles. The third-order valence-corrected chi connectivity index (χ3v) is 7.62. The van der Waals surface area contributed by atoms with Crippen LogP contribution in [-0.2, 0) is 0 Å². The van der Waals surface area contributed by atoms with Gasteiger partial charge in [0.05, 0.1) is 0 Å². The van der Waals surface area contributed by atoms with E-state index in [4.69, 9.17) is 0 Å². The lowest BCUT2D eigenvalue weighted by Gasteiger charge is -2.34. The van der Waals surface area contributed by atoms with Crippen molar-refractivity contribution in [1.29, 1.82) is 0 Å². The van der Waals surface area contributed by atoms with Crippen molar-refractivity contribution in [1.82, 2.24) is 0 Å². The molecule has 0 radical (unpaired) electrons. The minimum Gasteiger partial charge on any atom is -0.103 e. The Hall–Kier alpha value is -1.04. The van der Waals surface area contributed by atoms with E-state index in [1.165, 1.54) is 96.3 Å². The van der Waals surface area contributed by atoms with E-state index >= 15 is 0 Å². The first-order valence-corrected chi connectivity index (χ1v) is 15.9. The molecule has 0 N–H and O–H groups in total. The van der Waals surface area contributed by atoms with Crippen LogP contribution in [0.2, 0.25) is 0 Å². The summed E-state index contributed by atoms with van der Waals surface area (Å²) in [6.07, 6.45) is 29.7. The Morgan fingerprint density at radius 3 is 1.97 bits per heavy atom. The van der Waals surface area contributed by atoms with Gasteiger partial charge in [-0.2, -0.15) is 0 Å². The molecule has 36 heavy (non-hydrogen) atoms. The third-order valence-electron chi connectivity index (χ3n) is 7.62. The zero-order valence-electron chi connectivity index (χ0n) is 26.6. The highest BCUT2D eigenvalue weighted by Crippen LogP contribution is 2.41. The Bertz CT molecular complexity index is 565. The van der Waals surface area contributed by atoms with Gasteiger partial charge in [0, 0.05) is 0 Å². The van der Waals surface area contributed by atoms with Crippen LogP contribution in [0.25, 0.3) is 0 Å². The van der Waals surface area contributed by atoms with Gasteiger partial charge in [0.15, 0.2) is 0 Å². The predicted molar refractivity (Wildman–Crippen MR) is 170 cm³/mol. The molecule has 2 saturated carbocycles. The SMILES string of the molecule is C=CC.C=CC1(C)CCC1.CC.CCC.CCCCCC(C)CCC1=C(C2CCCC2)CC(C)C=C1. The molecule has 0 heteroatoms. The van der Waals surface area contributed by atoms with Crippen LogP contribution >= 0.6 is 0 Å². The van der Waals surface area contributed by atoms with Crippen LogP contribution in [0.15, 0.2) is 48.6 Å². The number of allylic oxidation sites excluding steroid dienone is 6. The second-order valence-electron chi connectivity index (χ2n) is 11.5. The van der Waals surface area contributed by atoms with Gasteiger partial charge in [0.1, 0.15) is 0 Å². The Morgan fingerprint density at radius 1 is 1.00 bits per heavy atom. The summed E-state index contributed by atoms with van der Waals surface area (Å²) in [5.41, 5.74) is 4.10. The van der Waals surface area contributed by atoms with Crippen LogP contribution in [0.1, 0.15) is 159 Å². The first kappa shape index (κ1) is 37.1. The fourth-order valence-corrected chi connectivity index (χ4v) is 5.11. The molecule has 0 nitrogen and oxygen atoms in total. The van der Waals surface area contributed by atoms with Crippen molar-refractivity contribution in [3.05, 3.63) is 48.6 Å². The molecular weight excluding hydrogens is 432 g/mol. The Morgan fingerprint density at radius 2 is 1.56 bits per heavy atom. The van der Waals surface area contributed by atoms with Crippen molar-refractivity contribution in [2.24, 2.45) is 23.2 Å². The Balaban J connectivity index is 0. The van der Waals surface area contributed by atoms with Gasteiger partial charge in [-0.1, -0.05) is 137 Å². The average molecular weight is 501 g/mol. The maximum absolute atomic E-state index is 3.75. The third kappa shape index (κ3) is 17.4. The summed E-state index contributed by atoms with van der Waals surface area (Å²) in [5.74, 6) is 2.61. The number of unbranched alkanes of at least 4 members (excludes halogenated alkanes) is 2. The van der Waals surface area contributed by atoms with E-state index in [1.807, 2.05) is 26.3 Å². The highest BCUT2D eigenvalue weighted by Gasteiger charge is 2.27. The zero-order valence-corrected chi connectivity index (χ0v) is 26.6. The lowest BCUT2D eigenvalue weighted by atomic mass is 9.71. The molecule has 2 unspecified atom stereocenters. The lowest BCUT2D eigenvalue weighted by molar-refractivity contribution is 0.234. The molecule has 2 atom stereocenters. The van der Waals surface area contributed by atoms with E-state index in [2.05, 4.69) is 72.9 Å². The highest BCUT2D eigenvalue weighted by molar-refractivity contribution is 5.32. The smallest absolute Gasteiger partial charge is 0.0149 e. The predicted octanol–water partition coefficient (Wildman–Crippen LogP) is 13.1. The van der Waals surface area contributed by atoms with Gasteiger partial charge in [0.2, 0.25) is 0 Å². The van der Waals surface area contributed by atoms with Crippen LogP contribution in [0.3, 0.4) is 0 Å². The molecule has 3 aliphatic carbocycles. The summed E-state index contributed by atoms with van der Waals surface area (Å²) in [5, 5.41) is 0. The fraction of sp³-hybridized carbons (Fsp3) is 0.778. The van der Waals surface area contributed by atoms with Crippen molar-refractivity contribution in [2.75, 3.05) is 0 Å². The van der Waals surface area contributed by atoms with Crippen LogP contribution in [0.4, 0.5) is 0 Å². The van der Waals surface area contributed by atoms with Crippen LogP contribution in [0, 0.1) is 23.2 Å². The molecule has 3 aliphatic rings. The largest absolute Gasteiger partial charge is 0.103 e. The second-order valence-corrected chi connectivity index (χ2v) is 11.5. The average Bonchev–Trinajstić information content (AvgIpc) is 3.39. The molecule has 0 aromatic rings. The molecular formula is C36H68. The standard InChI is InChI=1S/C21H36.C7H12.C3H8.C3H6.C2H6/c1-4-5-6-9-17(2)12-14-20-15-13-18(3)16-21(20)19-10-7-8-11-19;1-3-7(2)5-4-6-7;2*1-3-2;1-2/h13,15,17-19H,4-12,14,16H2,1-3H3;3H,1,4-6H2,2H3;3H2,1-2H3;3H,1H2,2H3;1-2H3. The molecule has 0 amide bonds. The highest BCUT2D eigenvalue weighted by atomic mass is 14.3. The van der Waals surface area contributed by atoms with Gasteiger partial charge in [0.25, 0.3) is 0 Å². The fourth-order valence-electron chi connectivity index (χ4n) is 5.11. The topological polar surface area (TPSA) is 0 Å². The molecule has 2 fully saturated rings. The summed E-state index contributed by atoms with van der Waals surface area (Å²) in [6, 6.07) is 0. The van der Waals surface area contributed by atoms with Crippen LogP contribution in [0.5, 0.6) is 0 Å². The summed E-state index contributed by atoms with van der Waals surface area (Å²) >= 11 is 0. The van der Waals surface area contributed by atoms with Gasteiger partial charge in [-0.15, -0.1) is 13.2 Å². The molecule has 0 aromatic heterocycles. The van der Waals surface area contributed by atoms with Gasteiger partial charge in [-0.3, -0.25) is 0 Å². The van der Waals surface area contributed by atoms with Gasteiger partial charge < -0.3 is 0 Å². The summed E-state index contributed by atoms with van der Waals surface area (Å²) < 4.78 is 0. The molecule has 0 heterocycles. The van der Waals surface area contributed by atoms with Crippen LogP contribution < -0.4 is 0 Å². The number of hydrogen-bond donors (Lipinski definition) is 0. The molecule has 0 bridgehead atoms. The van der Waals surface area contributed by atoms with E-state index < -0.39 is 0 Å². The molecule has 0 aliphatic heterocycles. The van der Waals surface area contributed by atoms with Gasteiger partial charge in [-0.05, 0) is 80.6 Å². The number of rotatable bonds is 9. The minimum absolute atomic E-state index is 0.528. The first-order valence-electron chi connectivity index (χ1n) is 15.9. The van der Waals surface area contributed by atoms with Crippen molar-refractivity contribution in [2.45, 2.75) is 159 Å². The minimum atomic E-state index is 0.528. The maximum atomic E-state index is 3.75. The normalized spacial score (nSPS) is 20.5. The van der Waals surface area contributed by atoms with E-state index in [9.17, 15) is 0 Å². The Kier molecular flexibility index (Phi) is 25.1.